The molecule has 27 heavy (non-hydrogen) atoms. The highest BCUT2D eigenvalue weighted by molar-refractivity contribution is 6.08. The van der Waals surface area contributed by atoms with Gasteiger partial charge in [0, 0.05) is 19.0 Å². The molecular weight excluding hydrogens is 346 g/mol. The minimum Gasteiger partial charge on any atom is -0.484 e. The molecule has 1 N–H and O–H groups in total. The molecule has 4 rings (SSSR count). The molecule has 0 bridgehead atoms. The lowest BCUT2D eigenvalue weighted by atomic mass is 10.0. The van der Waals surface area contributed by atoms with Crippen LogP contribution in [0.2, 0.25) is 0 Å². The van der Waals surface area contributed by atoms with E-state index in [1.165, 1.54) is 0 Å². The second-order valence-electron chi connectivity index (χ2n) is 6.43. The molecule has 1 aromatic carbocycles. The Morgan fingerprint density at radius 2 is 2.19 bits per heavy atom. The van der Waals surface area contributed by atoms with Gasteiger partial charge in [0.25, 0.3) is 5.91 Å². The van der Waals surface area contributed by atoms with Crippen LogP contribution in [-0.4, -0.2) is 47.0 Å². The lowest BCUT2D eigenvalue weighted by Gasteiger charge is -2.33. The molecule has 0 spiro atoms. The van der Waals surface area contributed by atoms with Crippen LogP contribution in [0.3, 0.4) is 0 Å². The van der Waals surface area contributed by atoms with Gasteiger partial charge in [-0.05, 0) is 31.4 Å². The Kier molecular flexibility index (Phi) is 5.13. The molecule has 8 nitrogen and oxygen atoms in total. The first-order valence-corrected chi connectivity index (χ1v) is 9.06. The van der Waals surface area contributed by atoms with Crippen molar-refractivity contribution in [2.75, 3.05) is 19.8 Å². The number of nitrogens with zero attached hydrogens (tertiary/aromatic N) is 4. The van der Waals surface area contributed by atoms with E-state index in [1.54, 1.807) is 17.3 Å². The lowest BCUT2D eigenvalue weighted by molar-refractivity contribution is -0.138. The fraction of sp³-hybridized carbons (Fsp3) is 0.368. The third-order valence-corrected chi connectivity index (χ3v) is 4.58. The van der Waals surface area contributed by atoms with Crippen molar-refractivity contribution >= 4 is 17.7 Å². The number of nitrogens with one attached hydrogen (secondary N) is 1. The number of carbonyl (C=O) groups excluding carboxylic acids is 1. The lowest BCUT2D eigenvalue weighted by Crippen LogP contribution is -2.41. The number of allylic oxidation sites excluding steroid dienone is 1. The molecule has 2 aliphatic heterocycles. The molecule has 1 fully saturated rings. The van der Waals surface area contributed by atoms with Gasteiger partial charge < -0.3 is 19.5 Å². The zero-order chi connectivity index (χ0) is 18.5. The van der Waals surface area contributed by atoms with Gasteiger partial charge in [-0.15, -0.1) is 0 Å². The van der Waals surface area contributed by atoms with E-state index >= 15 is 0 Å². The molecule has 2 aliphatic rings. The molecule has 0 aliphatic carbocycles. The molecule has 0 radical (unpaired) electrons. The van der Waals surface area contributed by atoms with E-state index in [-0.39, 0.29) is 18.6 Å². The smallest absolute Gasteiger partial charge is 0.261 e. The third-order valence-electron chi connectivity index (χ3n) is 4.58. The van der Waals surface area contributed by atoms with Crippen LogP contribution in [0, 0.1) is 0 Å². The predicted octanol–water partition coefficient (Wildman–Crippen LogP) is 2.17. The van der Waals surface area contributed by atoms with E-state index in [1.807, 2.05) is 30.3 Å². The van der Waals surface area contributed by atoms with E-state index < -0.39 is 0 Å². The van der Waals surface area contributed by atoms with Crippen LogP contribution in [-0.2, 0) is 4.79 Å². The molecule has 1 aromatic heterocycles. The van der Waals surface area contributed by atoms with Gasteiger partial charge in [0.1, 0.15) is 18.5 Å². The maximum absolute atomic E-state index is 12.7. The van der Waals surface area contributed by atoms with Gasteiger partial charge >= 0.3 is 0 Å². The second kappa shape index (κ2) is 8.03. The van der Waals surface area contributed by atoms with E-state index in [2.05, 4.69) is 20.4 Å². The molecule has 1 saturated heterocycles. The average Bonchev–Trinajstić information content (AvgIpc) is 3.23. The van der Waals surface area contributed by atoms with Gasteiger partial charge in [0.05, 0.1) is 5.57 Å². The summed E-state index contributed by atoms with van der Waals surface area (Å²) in [6.45, 7) is 1.19. The minimum atomic E-state index is -0.221. The summed E-state index contributed by atoms with van der Waals surface area (Å²) in [4.78, 5) is 23.2. The maximum atomic E-state index is 12.7. The molecule has 0 saturated carbocycles. The highest BCUT2D eigenvalue weighted by atomic mass is 16.5. The number of rotatable bonds is 5. The Morgan fingerprint density at radius 3 is 3.00 bits per heavy atom. The zero-order valence-corrected chi connectivity index (χ0v) is 14.9. The quantitative estimate of drug-likeness (QED) is 0.871. The van der Waals surface area contributed by atoms with E-state index in [4.69, 9.17) is 9.26 Å². The van der Waals surface area contributed by atoms with Gasteiger partial charge in [-0.3, -0.25) is 9.79 Å². The largest absolute Gasteiger partial charge is 0.484 e. The Morgan fingerprint density at radius 1 is 1.30 bits per heavy atom. The molecule has 0 unspecified atom stereocenters. The Hall–Kier alpha value is -3.16. The predicted molar refractivity (Wildman–Crippen MR) is 99.0 cm³/mol. The molecule has 1 atom stereocenters. The first-order chi connectivity index (χ1) is 13.3. The summed E-state index contributed by atoms with van der Waals surface area (Å²) in [6, 6.07) is 9.10. The standard InChI is InChI=1S/C19H21N5O3/c25-17(12-26-15-6-2-1-3-7-15)24-9-5-4-8-16(24)19-22-18(23-27-19)14-10-20-13-21-11-14/h1-3,6-7,10-11,16,20H,4-5,8-9,12-13H2/t16-/m1/s1. The number of piperidine rings is 1. The Labute approximate surface area is 156 Å². The zero-order valence-electron chi connectivity index (χ0n) is 14.9. The summed E-state index contributed by atoms with van der Waals surface area (Å²) in [5.74, 6) is 1.52. The molecule has 8 heteroatoms. The summed E-state index contributed by atoms with van der Waals surface area (Å²) in [7, 11) is 0. The summed E-state index contributed by atoms with van der Waals surface area (Å²) in [5.41, 5.74) is 0.761. The topological polar surface area (TPSA) is 92.8 Å². The first-order valence-electron chi connectivity index (χ1n) is 9.06. The minimum absolute atomic E-state index is 0.0107. The summed E-state index contributed by atoms with van der Waals surface area (Å²) in [5, 5.41) is 7.07. The first kappa shape index (κ1) is 17.3. The molecule has 140 valence electrons. The van der Waals surface area contributed by atoms with Crippen LogP contribution in [0.25, 0.3) is 5.57 Å². The van der Waals surface area contributed by atoms with E-state index in [0.29, 0.717) is 30.7 Å². The number of likely N-dealkylation sites (tertiary alicyclic amines) is 1. The third kappa shape index (κ3) is 3.99. The normalized spacial score (nSPS) is 19.3. The fourth-order valence-electron chi connectivity index (χ4n) is 3.23. The SMILES string of the molecule is O=C(COc1ccccc1)N1CCCC[C@@H]1c1nc(C2=CNCN=C2)no1. The number of amides is 1. The molecule has 3 heterocycles. The summed E-state index contributed by atoms with van der Waals surface area (Å²) in [6.07, 6.45) is 6.28. The van der Waals surface area contributed by atoms with Crippen molar-refractivity contribution in [3.63, 3.8) is 0 Å². The monoisotopic (exact) mass is 367 g/mol. The highest BCUT2D eigenvalue weighted by Gasteiger charge is 2.32. The molecule has 2 aromatic rings. The van der Waals surface area contributed by atoms with Gasteiger partial charge in [-0.1, -0.05) is 23.4 Å². The Bertz CT molecular complexity index is 846. The number of hydrogen-bond acceptors (Lipinski definition) is 7. The van der Waals surface area contributed by atoms with Crippen LogP contribution in [0.5, 0.6) is 5.75 Å². The van der Waals surface area contributed by atoms with Gasteiger partial charge in [-0.25, -0.2) is 0 Å². The molecule has 1 amide bonds. The maximum Gasteiger partial charge on any atom is 0.261 e. The molecular formula is C19H21N5O3. The van der Waals surface area contributed by atoms with Crippen molar-refractivity contribution in [1.29, 1.82) is 0 Å². The van der Waals surface area contributed by atoms with Crippen molar-refractivity contribution in [1.82, 2.24) is 20.4 Å². The second-order valence-corrected chi connectivity index (χ2v) is 6.43. The van der Waals surface area contributed by atoms with Gasteiger partial charge in [-0.2, -0.15) is 4.98 Å². The van der Waals surface area contributed by atoms with E-state index in [9.17, 15) is 4.79 Å². The van der Waals surface area contributed by atoms with Crippen LogP contribution in [0.1, 0.15) is 37.0 Å². The number of ether oxygens (including phenoxy) is 1. The van der Waals surface area contributed by atoms with E-state index in [0.717, 1.165) is 24.8 Å². The van der Waals surface area contributed by atoms with Crippen LogP contribution < -0.4 is 10.1 Å². The van der Waals surface area contributed by atoms with Gasteiger partial charge in [0.15, 0.2) is 6.61 Å². The van der Waals surface area contributed by atoms with Crippen molar-refractivity contribution in [2.24, 2.45) is 4.99 Å². The Balaban J connectivity index is 1.46. The highest BCUT2D eigenvalue weighted by Crippen LogP contribution is 2.30. The number of hydrogen-bond donors (Lipinski definition) is 1. The number of para-hydroxylation sites is 1. The van der Waals surface area contributed by atoms with Crippen LogP contribution in [0.15, 0.2) is 46.0 Å². The average molecular weight is 367 g/mol. The van der Waals surface area contributed by atoms with Crippen molar-refractivity contribution in [3.05, 3.63) is 48.2 Å². The summed E-state index contributed by atoms with van der Waals surface area (Å²) >= 11 is 0. The van der Waals surface area contributed by atoms with Gasteiger partial charge in [0.2, 0.25) is 11.7 Å². The number of benzene rings is 1. The number of carbonyl (C=O) groups is 1. The van der Waals surface area contributed by atoms with Crippen LogP contribution >= 0.6 is 0 Å². The van der Waals surface area contributed by atoms with Crippen molar-refractivity contribution in [2.45, 2.75) is 25.3 Å². The van der Waals surface area contributed by atoms with Crippen molar-refractivity contribution < 1.29 is 14.1 Å². The van der Waals surface area contributed by atoms with Crippen molar-refractivity contribution in [3.8, 4) is 5.75 Å². The summed E-state index contributed by atoms with van der Waals surface area (Å²) < 4.78 is 11.1. The number of aromatic nitrogens is 2. The van der Waals surface area contributed by atoms with Crippen LogP contribution in [0.4, 0.5) is 0 Å². The number of aliphatic imine (C=N–C) groups is 1. The fourth-order valence-corrected chi connectivity index (χ4v) is 3.23.